The summed E-state index contributed by atoms with van der Waals surface area (Å²) in [6.07, 6.45) is -1.27. The van der Waals surface area contributed by atoms with Gasteiger partial charge in [-0.25, -0.2) is 21.6 Å². The Hall–Kier alpha value is -1.36. The molecule has 1 aliphatic rings. The van der Waals surface area contributed by atoms with Crippen LogP contribution in [0.4, 0.5) is 0 Å². The Bertz CT molecular complexity index is 758. The number of sulfone groups is 1. The molecule has 2 atom stereocenters. The number of rotatable bonds is 5. The van der Waals surface area contributed by atoms with Crippen LogP contribution in [0, 0.1) is 0 Å². The number of ether oxygens (including phenoxy) is 2. The lowest BCUT2D eigenvalue weighted by atomic mass is 10.2. The zero-order valence-electron chi connectivity index (χ0n) is 12.0. The maximum Gasteiger partial charge on any atom is 0.244 e. The van der Waals surface area contributed by atoms with Gasteiger partial charge in [0.2, 0.25) is 10.0 Å². The molecule has 8 nitrogen and oxygen atoms in total. The predicted molar refractivity (Wildman–Crippen MR) is 78.3 cm³/mol. The Morgan fingerprint density at radius 2 is 1.91 bits per heavy atom. The normalized spacial score (nSPS) is 24.1. The number of hydrogen-bond acceptors (Lipinski definition) is 7. The third-order valence-corrected chi connectivity index (χ3v) is 6.54. The van der Waals surface area contributed by atoms with Gasteiger partial charge in [-0.1, -0.05) is 0 Å². The van der Waals surface area contributed by atoms with Crippen molar-refractivity contribution < 1.29 is 31.4 Å². The molecular weight excluding hydrogens is 334 g/mol. The summed E-state index contributed by atoms with van der Waals surface area (Å²) in [6, 6.07) is 3.05. The number of benzene rings is 1. The fourth-order valence-corrected chi connectivity index (χ4v) is 5.47. The minimum atomic E-state index is -4.05. The molecule has 1 heterocycles. The van der Waals surface area contributed by atoms with E-state index in [4.69, 9.17) is 9.47 Å². The zero-order valence-corrected chi connectivity index (χ0v) is 13.6. The Morgan fingerprint density at radius 3 is 2.41 bits per heavy atom. The number of aliphatic hydroxyl groups excluding tert-OH is 1. The minimum absolute atomic E-state index is 0.0576. The second-order valence-electron chi connectivity index (χ2n) is 4.89. The van der Waals surface area contributed by atoms with Gasteiger partial charge in [-0.15, -0.1) is 0 Å². The van der Waals surface area contributed by atoms with Gasteiger partial charge in [0.05, 0.1) is 37.9 Å². The summed E-state index contributed by atoms with van der Waals surface area (Å²) in [7, 11) is -4.76. The molecule has 2 rings (SSSR count). The van der Waals surface area contributed by atoms with Crippen molar-refractivity contribution in [1.29, 1.82) is 0 Å². The molecule has 1 aromatic rings. The second-order valence-corrected chi connectivity index (χ2v) is 8.73. The average Bonchev–Trinajstić information content (AvgIpc) is 2.69. The molecule has 0 aliphatic carbocycles. The van der Waals surface area contributed by atoms with Gasteiger partial charge in [0.15, 0.2) is 9.84 Å². The highest BCUT2D eigenvalue weighted by molar-refractivity contribution is 7.92. The van der Waals surface area contributed by atoms with Crippen molar-refractivity contribution in [2.24, 2.45) is 0 Å². The van der Waals surface area contributed by atoms with Gasteiger partial charge >= 0.3 is 0 Å². The summed E-state index contributed by atoms with van der Waals surface area (Å²) in [5.41, 5.74) is 0. The molecular formula is C12H17NO7S2. The van der Waals surface area contributed by atoms with Crippen molar-refractivity contribution in [3.63, 3.8) is 0 Å². The van der Waals surface area contributed by atoms with Crippen LogP contribution < -0.4 is 14.2 Å². The van der Waals surface area contributed by atoms with E-state index >= 15 is 0 Å². The number of nitrogens with one attached hydrogen (secondary N) is 1. The molecule has 2 N–H and O–H groups in total. The lowest BCUT2D eigenvalue weighted by Gasteiger charge is -2.17. The van der Waals surface area contributed by atoms with Crippen LogP contribution in [0.25, 0.3) is 0 Å². The van der Waals surface area contributed by atoms with Crippen LogP contribution in [-0.4, -0.2) is 59.8 Å². The van der Waals surface area contributed by atoms with Crippen LogP contribution in [0.3, 0.4) is 0 Å². The molecule has 0 amide bonds. The Morgan fingerprint density at radius 1 is 1.23 bits per heavy atom. The maximum absolute atomic E-state index is 12.4. The molecule has 1 saturated heterocycles. The van der Waals surface area contributed by atoms with E-state index in [0.29, 0.717) is 5.75 Å². The third kappa shape index (κ3) is 3.51. The van der Waals surface area contributed by atoms with Crippen LogP contribution in [0.2, 0.25) is 0 Å². The molecule has 0 unspecified atom stereocenters. The van der Waals surface area contributed by atoms with Gasteiger partial charge in [-0.3, -0.25) is 0 Å². The van der Waals surface area contributed by atoms with Gasteiger partial charge in [0.1, 0.15) is 16.4 Å². The molecule has 0 radical (unpaired) electrons. The topological polar surface area (TPSA) is 119 Å². The molecule has 1 aromatic carbocycles. The van der Waals surface area contributed by atoms with Crippen LogP contribution in [0.15, 0.2) is 23.1 Å². The first kappa shape index (κ1) is 17.0. The van der Waals surface area contributed by atoms with Crippen LogP contribution >= 0.6 is 0 Å². The standard InChI is InChI=1S/C12H17NO7S2/c1-19-8-3-4-12(11(5-8)20-2)22(17,18)13-9-6-21(15,16)7-10(9)14/h3-5,9-10,13-14H,6-7H2,1-2H3/t9-,10-/m1/s1. The summed E-state index contributed by atoms with van der Waals surface area (Å²) >= 11 is 0. The van der Waals surface area contributed by atoms with Crippen LogP contribution in [-0.2, 0) is 19.9 Å². The summed E-state index contributed by atoms with van der Waals surface area (Å²) in [5.74, 6) is -0.423. The second kappa shape index (κ2) is 6.03. The first-order chi connectivity index (χ1) is 10.2. The number of methoxy groups -OCH3 is 2. The summed E-state index contributed by atoms with van der Waals surface area (Å²) in [6.45, 7) is 0. The fourth-order valence-electron chi connectivity index (χ4n) is 2.20. The highest BCUT2D eigenvalue weighted by atomic mass is 32.2. The summed E-state index contributed by atoms with van der Waals surface area (Å²) < 4.78 is 59.9. The van der Waals surface area contributed by atoms with Gasteiger partial charge in [-0.05, 0) is 12.1 Å². The summed E-state index contributed by atoms with van der Waals surface area (Å²) in [4.78, 5) is -0.160. The third-order valence-electron chi connectivity index (χ3n) is 3.29. The quantitative estimate of drug-likeness (QED) is 0.708. The van der Waals surface area contributed by atoms with Gasteiger partial charge in [0.25, 0.3) is 0 Å². The Labute approximate surface area is 129 Å². The smallest absolute Gasteiger partial charge is 0.244 e. The Kier molecular flexibility index (Phi) is 4.66. The van der Waals surface area contributed by atoms with E-state index in [-0.39, 0.29) is 10.6 Å². The van der Waals surface area contributed by atoms with E-state index in [1.54, 1.807) is 0 Å². The molecule has 22 heavy (non-hydrogen) atoms. The van der Waals surface area contributed by atoms with Crippen molar-refractivity contribution in [2.45, 2.75) is 17.0 Å². The maximum atomic E-state index is 12.4. The van der Waals surface area contributed by atoms with Crippen molar-refractivity contribution in [3.8, 4) is 11.5 Å². The molecule has 1 fully saturated rings. The predicted octanol–water partition coefficient (Wildman–Crippen LogP) is -0.860. The SMILES string of the molecule is COc1ccc(S(=O)(=O)N[C@@H]2CS(=O)(=O)C[C@H]2O)c(OC)c1. The van der Waals surface area contributed by atoms with E-state index in [0.717, 1.165) is 0 Å². The van der Waals surface area contributed by atoms with E-state index in [2.05, 4.69) is 4.72 Å². The van der Waals surface area contributed by atoms with Crippen molar-refractivity contribution in [3.05, 3.63) is 18.2 Å². The van der Waals surface area contributed by atoms with Crippen molar-refractivity contribution in [2.75, 3.05) is 25.7 Å². The van der Waals surface area contributed by atoms with E-state index in [1.165, 1.54) is 32.4 Å². The van der Waals surface area contributed by atoms with Crippen LogP contribution in [0.5, 0.6) is 11.5 Å². The summed E-state index contributed by atoms with van der Waals surface area (Å²) in [5, 5.41) is 9.69. The molecule has 0 bridgehead atoms. The highest BCUT2D eigenvalue weighted by Gasteiger charge is 2.39. The van der Waals surface area contributed by atoms with Crippen molar-refractivity contribution >= 4 is 19.9 Å². The molecule has 10 heteroatoms. The molecule has 124 valence electrons. The largest absolute Gasteiger partial charge is 0.497 e. The molecule has 0 saturated carbocycles. The average molecular weight is 351 g/mol. The van der Waals surface area contributed by atoms with E-state index in [9.17, 15) is 21.9 Å². The number of aliphatic hydroxyl groups is 1. The zero-order chi connectivity index (χ0) is 16.5. The number of hydrogen-bond donors (Lipinski definition) is 2. The highest BCUT2D eigenvalue weighted by Crippen LogP contribution is 2.29. The minimum Gasteiger partial charge on any atom is -0.497 e. The first-order valence-corrected chi connectivity index (χ1v) is 9.62. The number of sulfonamides is 1. The molecule has 0 spiro atoms. The van der Waals surface area contributed by atoms with Crippen molar-refractivity contribution in [1.82, 2.24) is 4.72 Å². The van der Waals surface area contributed by atoms with E-state index < -0.39 is 43.5 Å². The van der Waals surface area contributed by atoms with Crippen LogP contribution in [0.1, 0.15) is 0 Å². The lowest BCUT2D eigenvalue weighted by molar-refractivity contribution is 0.176. The Balaban J connectivity index is 2.31. The first-order valence-electron chi connectivity index (χ1n) is 6.31. The van der Waals surface area contributed by atoms with Gasteiger partial charge < -0.3 is 14.6 Å². The monoisotopic (exact) mass is 351 g/mol. The molecule has 1 aliphatic heterocycles. The van der Waals surface area contributed by atoms with Gasteiger partial charge in [-0.2, -0.15) is 0 Å². The van der Waals surface area contributed by atoms with Gasteiger partial charge in [0, 0.05) is 6.07 Å². The van der Waals surface area contributed by atoms with E-state index in [1.807, 2.05) is 0 Å². The lowest BCUT2D eigenvalue weighted by Crippen LogP contribution is -2.42. The fraction of sp³-hybridized carbons (Fsp3) is 0.500. The molecule has 0 aromatic heterocycles.